The van der Waals surface area contributed by atoms with Crippen molar-refractivity contribution >= 4 is 0 Å². The maximum absolute atomic E-state index is 6.06. The zero-order chi connectivity index (χ0) is 15.1. The van der Waals surface area contributed by atoms with Crippen LogP contribution in [0, 0.1) is 5.41 Å². The van der Waals surface area contributed by atoms with Crippen LogP contribution in [0.3, 0.4) is 0 Å². The molecule has 0 heterocycles. The molecule has 0 amide bonds. The molecule has 0 bridgehead atoms. The number of rotatable bonds is 9. The standard InChI is InChI=1S/C17H35NO2/c1-6-13-18-15(8-7-14-19-4)17(20-5)11-9-16(2,3)10-12-17/h15,18H,6-14H2,1-5H3. The van der Waals surface area contributed by atoms with Crippen LogP contribution in [0.4, 0.5) is 0 Å². The van der Waals surface area contributed by atoms with Crippen molar-refractivity contribution < 1.29 is 9.47 Å². The van der Waals surface area contributed by atoms with E-state index in [1.54, 1.807) is 7.11 Å². The maximum Gasteiger partial charge on any atom is 0.0831 e. The zero-order valence-corrected chi connectivity index (χ0v) is 14.3. The first kappa shape index (κ1) is 17.9. The minimum absolute atomic E-state index is 0.0262. The third-order valence-electron chi connectivity index (χ3n) is 4.97. The third kappa shape index (κ3) is 5.01. The van der Waals surface area contributed by atoms with Gasteiger partial charge >= 0.3 is 0 Å². The smallest absolute Gasteiger partial charge is 0.0831 e. The van der Waals surface area contributed by atoms with Gasteiger partial charge in [-0.2, -0.15) is 0 Å². The molecular formula is C17H35NO2. The van der Waals surface area contributed by atoms with Crippen molar-refractivity contribution in [2.75, 3.05) is 27.4 Å². The second-order valence-corrected chi connectivity index (χ2v) is 7.07. The van der Waals surface area contributed by atoms with Gasteiger partial charge in [0.1, 0.15) is 0 Å². The van der Waals surface area contributed by atoms with Gasteiger partial charge < -0.3 is 14.8 Å². The summed E-state index contributed by atoms with van der Waals surface area (Å²) in [7, 11) is 3.68. The molecule has 1 saturated carbocycles. The quantitative estimate of drug-likeness (QED) is 0.654. The van der Waals surface area contributed by atoms with E-state index in [-0.39, 0.29) is 5.60 Å². The van der Waals surface area contributed by atoms with Gasteiger partial charge in [0.25, 0.3) is 0 Å². The van der Waals surface area contributed by atoms with Crippen LogP contribution in [0.5, 0.6) is 0 Å². The van der Waals surface area contributed by atoms with E-state index in [1.807, 2.05) is 7.11 Å². The molecule has 0 aliphatic heterocycles. The van der Waals surface area contributed by atoms with E-state index in [2.05, 4.69) is 26.1 Å². The van der Waals surface area contributed by atoms with Crippen LogP contribution in [-0.2, 0) is 9.47 Å². The van der Waals surface area contributed by atoms with Crippen molar-refractivity contribution in [3.8, 4) is 0 Å². The molecule has 1 atom stereocenters. The van der Waals surface area contributed by atoms with Crippen molar-refractivity contribution in [2.45, 2.75) is 77.4 Å². The first-order valence-electron chi connectivity index (χ1n) is 8.27. The molecule has 0 spiro atoms. The Balaban J connectivity index is 2.68. The highest BCUT2D eigenvalue weighted by Crippen LogP contribution is 2.44. The van der Waals surface area contributed by atoms with Gasteiger partial charge in [-0.25, -0.2) is 0 Å². The number of methoxy groups -OCH3 is 2. The van der Waals surface area contributed by atoms with Gasteiger partial charge in [-0.1, -0.05) is 20.8 Å². The van der Waals surface area contributed by atoms with Gasteiger partial charge in [0.05, 0.1) is 5.60 Å². The van der Waals surface area contributed by atoms with Gasteiger partial charge in [0, 0.05) is 26.9 Å². The van der Waals surface area contributed by atoms with Crippen LogP contribution in [0.2, 0.25) is 0 Å². The second-order valence-electron chi connectivity index (χ2n) is 7.07. The summed E-state index contributed by atoms with van der Waals surface area (Å²) in [6.07, 6.45) is 8.28. The van der Waals surface area contributed by atoms with E-state index in [4.69, 9.17) is 9.47 Å². The highest BCUT2D eigenvalue weighted by Gasteiger charge is 2.43. The van der Waals surface area contributed by atoms with Crippen molar-refractivity contribution in [1.29, 1.82) is 0 Å². The van der Waals surface area contributed by atoms with Crippen LogP contribution in [0.1, 0.15) is 65.7 Å². The van der Waals surface area contributed by atoms with Gasteiger partial charge in [-0.15, -0.1) is 0 Å². The van der Waals surface area contributed by atoms with Crippen LogP contribution in [0.15, 0.2) is 0 Å². The topological polar surface area (TPSA) is 30.5 Å². The number of hydrogen-bond acceptors (Lipinski definition) is 3. The summed E-state index contributed by atoms with van der Waals surface area (Å²) in [5.74, 6) is 0. The number of hydrogen-bond donors (Lipinski definition) is 1. The third-order valence-corrected chi connectivity index (χ3v) is 4.97. The Hall–Kier alpha value is -0.120. The minimum atomic E-state index is 0.0262. The first-order chi connectivity index (χ1) is 9.49. The van der Waals surface area contributed by atoms with Crippen molar-refractivity contribution in [3.63, 3.8) is 0 Å². The van der Waals surface area contributed by atoms with E-state index in [1.165, 1.54) is 32.1 Å². The van der Waals surface area contributed by atoms with Crippen LogP contribution >= 0.6 is 0 Å². The predicted octanol–water partition coefficient (Wildman–Crippen LogP) is 3.77. The number of ether oxygens (including phenoxy) is 2. The summed E-state index contributed by atoms with van der Waals surface area (Å²) in [5, 5.41) is 3.74. The average Bonchev–Trinajstić information content (AvgIpc) is 2.44. The molecule has 0 saturated heterocycles. The molecule has 1 aliphatic rings. The monoisotopic (exact) mass is 285 g/mol. The summed E-state index contributed by atoms with van der Waals surface area (Å²) >= 11 is 0. The molecule has 1 rings (SSSR count). The Morgan fingerprint density at radius 3 is 2.25 bits per heavy atom. The zero-order valence-electron chi connectivity index (χ0n) is 14.3. The fraction of sp³-hybridized carbons (Fsp3) is 1.00. The van der Waals surface area contributed by atoms with Gasteiger partial charge in [-0.3, -0.25) is 0 Å². The van der Waals surface area contributed by atoms with E-state index < -0.39 is 0 Å². The Bertz CT molecular complexity index is 256. The fourth-order valence-corrected chi connectivity index (χ4v) is 3.35. The Morgan fingerprint density at radius 2 is 1.75 bits per heavy atom. The Morgan fingerprint density at radius 1 is 1.10 bits per heavy atom. The molecule has 1 aliphatic carbocycles. The molecular weight excluding hydrogens is 250 g/mol. The second kappa shape index (κ2) is 8.35. The van der Waals surface area contributed by atoms with E-state index in [0.29, 0.717) is 11.5 Å². The molecule has 3 nitrogen and oxygen atoms in total. The van der Waals surface area contributed by atoms with Gasteiger partial charge in [-0.05, 0) is 56.9 Å². The lowest BCUT2D eigenvalue weighted by Gasteiger charge is -2.47. The minimum Gasteiger partial charge on any atom is -0.385 e. The van der Waals surface area contributed by atoms with E-state index in [0.717, 1.165) is 26.0 Å². The molecule has 1 unspecified atom stereocenters. The fourth-order valence-electron chi connectivity index (χ4n) is 3.35. The molecule has 120 valence electrons. The maximum atomic E-state index is 6.06. The highest BCUT2D eigenvalue weighted by molar-refractivity contribution is 4.98. The molecule has 0 radical (unpaired) electrons. The van der Waals surface area contributed by atoms with Gasteiger partial charge in [0.2, 0.25) is 0 Å². The highest BCUT2D eigenvalue weighted by atomic mass is 16.5. The van der Waals surface area contributed by atoms with Crippen LogP contribution in [-0.4, -0.2) is 39.0 Å². The molecule has 1 fully saturated rings. The van der Waals surface area contributed by atoms with E-state index in [9.17, 15) is 0 Å². The molecule has 20 heavy (non-hydrogen) atoms. The number of nitrogens with one attached hydrogen (secondary N) is 1. The summed E-state index contributed by atoms with van der Waals surface area (Å²) < 4.78 is 11.3. The summed E-state index contributed by atoms with van der Waals surface area (Å²) in [5.41, 5.74) is 0.502. The van der Waals surface area contributed by atoms with Crippen LogP contribution < -0.4 is 5.32 Å². The Labute approximate surface area is 125 Å². The van der Waals surface area contributed by atoms with Crippen LogP contribution in [0.25, 0.3) is 0 Å². The molecule has 0 aromatic heterocycles. The predicted molar refractivity (Wildman–Crippen MR) is 85.2 cm³/mol. The SMILES string of the molecule is CCCNC(CCCOC)C1(OC)CCC(C)(C)CC1. The Kier molecular flexibility index (Phi) is 7.49. The molecule has 1 N–H and O–H groups in total. The molecule has 0 aromatic rings. The molecule has 0 aromatic carbocycles. The normalized spacial score (nSPS) is 22.6. The lowest BCUT2D eigenvalue weighted by Crippen LogP contribution is -2.55. The van der Waals surface area contributed by atoms with Crippen molar-refractivity contribution in [1.82, 2.24) is 5.32 Å². The average molecular weight is 285 g/mol. The lowest BCUT2D eigenvalue weighted by atomic mass is 9.67. The van der Waals surface area contributed by atoms with Gasteiger partial charge in [0.15, 0.2) is 0 Å². The summed E-state index contributed by atoms with van der Waals surface area (Å²) in [4.78, 5) is 0. The summed E-state index contributed by atoms with van der Waals surface area (Å²) in [6, 6.07) is 0.457. The van der Waals surface area contributed by atoms with Crippen molar-refractivity contribution in [3.05, 3.63) is 0 Å². The largest absolute Gasteiger partial charge is 0.385 e. The first-order valence-corrected chi connectivity index (χ1v) is 8.27. The summed E-state index contributed by atoms with van der Waals surface area (Å²) in [6.45, 7) is 8.91. The van der Waals surface area contributed by atoms with Crippen molar-refractivity contribution in [2.24, 2.45) is 5.41 Å². The lowest BCUT2D eigenvalue weighted by molar-refractivity contribution is -0.0887. The molecule has 3 heteroatoms. The van der Waals surface area contributed by atoms with E-state index >= 15 is 0 Å².